The third-order valence-electron chi connectivity index (χ3n) is 4.68. The van der Waals surface area contributed by atoms with Crippen LogP contribution in [0.3, 0.4) is 0 Å². The van der Waals surface area contributed by atoms with Crippen LogP contribution in [0.1, 0.15) is 40.3 Å². The molecule has 0 aliphatic heterocycles. The standard InChI is InChI=1S/C20H22N4O3/c1-11-10-15(16-13(3)23-24(4)18(16)21-11)19(25)22-17(12(2)20(26)27)14-8-6-5-7-9-14/h5-10,12,17H,1-4H3,(H,22,25)(H,26,27). The van der Waals surface area contributed by atoms with Crippen molar-refractivity contribution in [2.45, 2.75) is 26.8 Å². The summed E-state index contributed by atoms with van der Waals surface area (Å²) in [6.45, 7) is 5.22. The normalized spacial score (nSPS) is 13.3. The Balaban J connectivity index is 2.04. The van der Waals surface area contributed by atoms with Gasteiger partial charge in [-0.05, 0) is 32.4 Å². The maximum atomic E-state index is 13.1. The molecule has 2 N–H and O–H groups in total. The summed E-state index contributed by atoms with van der Waals surface area (Å²) in [5, 5.41) is 17.4. The van der Waals surface area contributed by atoms with E-state index in [2.05, 4.69) is 15.4 Å². The summed E-state index contributed by atoms with van der Waals surface area (Å²) in [5.74, 6) is -2.11. The fourth-order valence-corrected chi connectivity index (χ4v) is 3.27. The maximum absolute atomic E-state index is 13.1. The van der Waals surface area contributed by atoms with Gasteiger partial charge in [-0.2, -0.15) is 5.10 Å². The molecule has 1 amide bonds. The van der Waals surface area contributed by atoms with Gasteiger partial charge in [0.2, 0.25) is 0 Å². The number of pyridine rings is 1. The molecule has 27 heavy (non-hydrogen) atoms. The lowest BCUT2D eigenvalue weighted by molar-refractivity contribution is -0.142. The minimum Gasteiger partial charge on any atom is -0.481 e. The van der Waals surface area contributed by atoms with Crippen LogP contribution in [0, 0.1) is 19.8 Å². The molecule has 0 saturated carbocycles. The van der Waals surface area contributed by atoms with Gasteiger partial charge in [0.05, 0.1) is 28.6 Å². The van der Waals surface area contributed by atoms with Crippen molar-refractivity contribution >= 4 is 22.9 Å². The highest BCUT2D eigenvalue weighted by atomic mass is 16.4. The van der Waals surface area contributed by atoms with Gasteiger partial charge in [0, 0.05) is 12.7 Å². The molecule has 7 heteroatoms. The molecule has 140 valence electrons. The predicted molar refractivity (Wildman–Crippen MR) is 101 cm³/mol. The van der Waals surface area contributed by atoms with E-state index < -0.39 is 17.9 Å². The molecule has 3 rings (SSSR count). The third-order valence-corrected chi connectivity index (χ3v) is 4.68. The number of rotatable bonds is 5. The molecule has 0 radical (unpaired) electrons. The summed E-state index contributed by atoms with van der Waals surface area (Å²) in [4.78, 5) is 29.2. The molecule has 0 saturated heterocycles. The SMILES string of the molecule is Cc1cc(C(=O)NC(c2ccccc2)C(C)C(=O)O)c2c(C)nn(C)c2n1. The lowest BCUT2D eigenvalue weighted by Crippen LogP contribution is -2.35. The summed E-state index contributed by atoms with van der Waals surface area (Å²) >= 11 is 0. The van der Waals surface area contributed by atoms with E-state index in [1.165, 1.54) is 0 Å². The van der Waals surface area contributed by atoms with E-state index in [-0.39, 0.29) is 5.91 Å². The number of aryl methyl sites for hydroxylation is 3. The molecule has 0 spiro atoms. The zero-order chi connectivity index (χ0) is 19.7. The van der Waals surface area contributed by atoms with Crippen molar-refractivity contribution in [2.24, 2.45) is 13.0 Å². The lowest BCUT2D eigenvalue weighted by atomic mass is 9.94. The van der Waals surface area contributed by atoms with Crippen molar-refractivity contribution in [3.63, 3.8) is 0 Å². The predicted octanol–water partition coefficient (Wildman–Crippen LogP) is 2.78. The number of benzene rings is 1. The van der Waals surface area contributed by atoms with Crippen LogP contribution >= 0.6 is 0 Å². The fourth-order valence-electron chi connectivity index (χ4n) is 3.27. The van der Waals surface area contributed by atoms with Crippen molar-refractivity contribution in [3.05, 3.63) is 58.9 Å². The van der Waals surface area contributed by atoms with Gasteiger partial charge >= 0.3 is 5.97 Å². The molecule has 3 aromatic rings. The van der Waals surface area contributed by atoms with Crippen LogP contribution in [0.25, 0.3) is 11.0 Å². The number of carboxylic acid groups (broad SMARTS) is 1. The van der Waals surface area contributed by atoms with Gasteiger partial charge in [-0.3, -0.25) is 14.3 Å². The van der Waals surface area contributed by atoms with Crippen LogP contribution < -0.4 is 5.32 Å². The number of aliphatic carboxylic acids is 1. The Labute approximate surface area is 157 Å². The lowest BCUT2D eigenvalue weighted by Gasteiger charge is -2.23. The first-order valence-corrected chi connectivity index (χ1v) is 8.69. The molecule has 7 nitrogen and oxygen atoms in total. The van der Waals surface area contributed by atoms with Gasteiger partial charge in [0.15, 0.2) is 5.65 Å². The Morgan fingerprint density at radius 2 is 1.85 bits per heavy atom. The number of nitrogens with one attached hydrogen (secondary N) is 1. The summed E-state index contributed by atoms with van der Waals surface area (Å²) in [5.41, 5.74) is 3.21. The Hall–Kier alpha value is -3.22. The second kappa shape index (κ2) is 7.19. The molecule has 1 aromatic carbocycles. The molecular formula is C20H22N4O3. The van der Waals surface area contributed by atoms with Gasteiger partial charge in [-0.1, -0.05) is 30.3 Å². The van der Waals surface area contributed by atoms with E-state index in [1.54, 1.807) is 24.7 Å². The highest BCUT2D eigenvalue weighted by Gasteiger charge is 2.28. The Morgan fingerprint density at radius 3 is 2.48 bits per heavy atom. The number of amides is 1. The highest BCUT2D eigenvalue weighted by molar-refractivity contribution is 6.06. The Bertz CT molecular complexity index is 1010. The molecule has 2 unspecified atom stereocenters. The number of hydrogen-bond acceptors (Lipinski definition) is 4. The second-order valence-corrected chi connectivity index (χ2v) is 6.71. The van der Waals surface area contributed by atoms with E-state index in [0.717, 1.165) is 5.56 Å². The van der Waals surface area contributed by atoms with Crippen molar-refractivity contribution in [3.8, 4) is 0 Å². The van der Waals surface area contributed by atoms with Crippen LogP contribution in [-0.4, -0.2) is 31.7 Å². The van der Waals surface area contributed by atoms with E-state index in [1.807, 2.05) is 44.2 Å². The first-order chi connectivity index (χ1) is 12.8. The first kappa shape index (κ1) is 18.6. The number of aromatic nitrogens is 3. The molecule has 0 fully saturated rings. The summed E-state index contributed by atoms with van der Waals surface area (Å²) in [6, 6.07) is 10.2. The topological polar surface area (TPSA) is 97.1 Å². The fraction of sp³-hybridized carbons (Fsp3) is 0.300. The van der Waals surface area contributed by atoms with Gasteiger partial charge in [0.25, 0.3) is 5.91 Å². The van der Waals surface area contributed by atoms with E-state index in [0.29, 0.717) is 28.0 Å². The van der Waals surface area contributed by atoms with Gasteiger partial charge < -0.3 is 10.4 Å². The highest BCUT2D eigenvalue weighted by Crippen LogP contribution is 2.26. The zero-order valence-electron chi connectivity index (χ0n) is 15.7. The minimum absolute atomic E-state index is 0.344. The van der Waals surface area contributed by atoms with Crippen LogP contribution in [0.4, 0.5) is 0 Å². The third kappa shape index (κ3) is 3.53. The first-order valence-electron chi connectivity index (χ1n) is 8.69. The van der Waals surface area contributed by atoms with E-state index >= 15 is 0 Å². The van der Waals surface area contributed by atoms with Crippen LogP contribution in [0.5, 0.6) is 0 Å². The molecule has 2 heterocycles. The summed E-state index contributed by atoms with van der Waals surface area (Å²) in [7, 11) is 1.78. The smallest absolute Gasteiger partial charge is 0.308 e. The van der Waals surface area contributed by atoms with Crippen LogP contribution in [0.15, 0.2) is 36.4 Å². The molecule has 2 aromatic heterocycles. The molecule has 2 atom stereocenters. The minimum atomic E-state index is -0.974. The number of hydrogen-bond donors (Lipinski definition) is 2. The maximum Gasteiger partial charge on any atom is 0.308 e. The van der Waals surface area contributed by atoms with Crippen molar-refractivity contribution in [1.82, 2.24) is 20.1 Å². The van der Waals surface area contributed by atoms with Gasteiger partial charge in [-0.25, -0.2) is 4.98 Å². The molecular weight excluding hydrogens is 344 g/mol. The average molecular weight is 366 g/mol. The van der Waals surface area contributed by atoms with Crippen molar-refractivity contribution in [2.75, 3.05) is 0 Å². The van der Waals surface area contributed by atoms with Gasteiger partial charge in [0.1, 0.15) is 0 Å². The largest absolute Gasteiger partial charge is 0.481 e. The van der Waals surface area contributed by atoms with Gasteiger partial charge in [-0.15, -0.1) is 0 Å². The van der Waals surface area contributed by atoms with E-state index in [4.69, 9.17) is 0 Å². The Morgan fingerprint density at radius 1 is 1.19 bits per heavy atom. The Kier molecular flexibility index (Phi) is 4.94. The quantitative estimate of drug-likeness (QED) is 0.724. The monoisotopic (exact) mass is 366 g/mol. The van der Waals surface area contributed by atoms with Crippen LogP contribution in [-0.2, 0) is 11.8 Å². The number of nitrogens with zero attached hydrogens (tertiary/aromatic N) is 3. The van der Waals surface area contributed by atoms with Crippen LogP contribution in [0.2, 0.25) is 0 Å². The zero-order valence-corrected chi connectivity index (χ0v) is 15.7. The second-order valence-electron chi connectivity index (χ2n) is 6.71. The molecule has 0 bridgehead atoms. The van der Waals surface area contributed by atoms with Crippen molar-refractivity contribution < 1.29 is 14.7 Å². The molecule has 0 aliphatic carbocycles. The number of carbonyl (C=O) groups excluding carboxylic acids is 1. The summed E-state index contributed by atoms with van der Waals surface area (Å²) in [6.07, 6.45) is 0. The van der Waals surface area contributed by atoms with E-state index in [9.17, 15) is 14.7 Å². The van der Waals surface area contributed by atoms with Crippen molar-refractivity contribution in [1.29, 1.82) is 0 Å². The number of fused-ring (bicyclic) bond motifs is 1. The summed E-state index contributed by atoms with van der Waals surface area (Å²) < 4.78 is 1.64. The average Bonchev–Trinajstić information content (AvgIpc) is 2.92. The number of carboxylic acids is 1. The number of carbonyl (C=O) groups is 2. The molecule has 0 aliphatic rings.